The Labute approximate surface area is 126 Å². The van der Waals surface area contributed by atoms with Gasteiger partial charge in [-0.05, 0) is 31.2 Å². The van der Waals surface area contributed by atoms with Gasteiger partial charge in [-0.15, -0.1) is 0 Å². The zero-order chi connectivity index (χ0) is 13.0. The smallest absolute Gasteiger partial charge is 0.228 e. The molecule has 1 aliphatic heterocycles. The van der Waals surface area contributed by atoms with E-state index in [4.69, 9.17) is 0 Å². The third-order valence-corrected chi connectivity index (χ3v) is 3.65. The van der Waals surface area contributed by atoms with E-state index in [1.165, 1.54) is 12.0 Å². The maximum Gasteiger partial charge on any atom is 0.228 e. The van der Waals surface area contributed by atoms with Gasteiger partial charge < -0.3 is 21.9 Å². The van der Waals surface area contributed by atoms with Gasteiger partial charge in [-0.25, -0.2) is 4.57 Å². The summed E-state index contributed by atoms with van der Waals surface area (Å²) in [6, 6.07) is 4.15. The van der Waals surface area contributed by atoms with E-state index in [1.54, 1.807) is 0 Å². The molecule has 0 spiro atoms. The van der Waals surface area contributed by atoms with Crippen LogP contribution in [0, 0.1) is 12.8 Å². The standard InChI is InChI=1S/C15H23N2O.BrH/c1-13-5-9-16(10-6-13)11-7-15(18)17-8-3-4-14(2)12-17;/h5-6,9-10,14H,3-4,7-8,11-12H2,1-2H3;1H/q+1;/p-1. The van der Waals surface area contributed by atoms with Gasteiger partial charge in [0.1, 0.15) is 0 Å². The number of hydrogen-bond acceptors (Lipinski definition) is 1. The van der Waals surface area contributed by atoms with Crippen molar-refractivity contribution in [3.05, 3.63) is 30.1 Å². The van der Waals surface area contributed by atoms with Crippen molar-refractivity contribution >= 4 is 5.91 Å². The summed E-state index contributed by atoms with van der Waals surface area (Å²) >= 11 is 0. The Morgan fingerprint density at radius 1 is 1.42 bits per heavy atom. The molecule has 1 aliphatic rings. The quantitative estimate of drug-likeness (QED) is 0.649. The highest BCUT2D eigenvalue weighted by molar-refractivity contribution is 5.76. The number of nitrogens with zero attached hydrogens (tertiary/aromatic N) is 2. The van der Waals surface area contributed by atoms with Crippen LogP contribution in [0.4, 0.5) is 0 Å². The molecule has 19 heavy (non-hydrogen) atoms. The molecule has 4 heteroatoms. The molecular formula is C15H23BrN2O. The van der Waals surface area contributed by atoms with Crippen molar-refractivity contribution < 1.29 is 26.3 Å². The minimum atomic E-state index is 0. The Bertz CT molecular complexity index is 405. The molecule has 3 nitrogen and oxygen atoms in total. The van der Waals surface area contributed by atoms with Gasteiger partial charge in [0.15, 0.2) is 18.9 Å². The van der Waals surface area contributed by atoms with E-state index in [0.717, 1.165) is 26.1 Å². The van der Waals surface area contributed by atoms with E-state index in [1.807, 2.05) is 17.3 Å². The van der Waals surface area contributed by atoms with Crippen molar-refractivity contribution in [3.8, 4) is 0 Å². The van der Waals surface area contributed by atoms with Crippen molar-refractivity contribution in [3.63, 3.8) is 0 Å². The molecule has 0 aromatic carbocycles. The number of carbonyl (C=O) groups excluding carboxylic acids is 1. The molecule has 1 aromatic heterocycles. The van der Waals surface area contributed by atoms with E-state index in [-0.39, 0.29) is 17.0 Å². The molecule has 1 saturated heterocycles. The second kappa shape index (κ2) is 7.63. The zero-order valence-corrected chi connectivity index (χ0v) is 13.4. The van der Waals surface area contributed by atoms with Gasteiger partial charge in [0.2, 0.25) is 5.91 Å². The molecule has 106 valence electrons. The van der Waals surface area contributed by atoms with Gasteiger partial charge in [0.25, 0.3) is 0 Å². The molecule has 1 atom stereocenters. The number of aromatic nitrogens is 1. The third-order valence-electron chi connectivity index (χ3n) is 3.65. The molecule has 1 aromatic rings. The predicted molar refractivity (Wildman–Crippen MR) is 71.0 cm³/mol. The van der Waals surface area contributed by atoms with Crippen LogP contribution in [0.2, 0.25) is 0 Å². The molecule has 2 rings (SSSR count). The Kier molecular flexibility index (Phi) is 6.49. The maximum absolute atomic E-state index is 12.1. The number of pyridine rings is 1. The first kappa shape index (κ1) is 16.2. The van der Waals surface area contributed by atoms with Crippen LogP contribution in [-0.4, -0.2) is 23.9 Å². The van der Waals surface area contributed by atoms with Crippen LogP contribution in [-0.2, 0) is 11.3 Å². The Morgan fingerprint density at radius 3 is 2.74 bits per heavy atom. The van der Waals surface area contributed by atoms with Gasteiger partial charge in [-0.1, -0.05) is 6.92 Å². The molecule has 0 saturated carbocycles. The Hall–Kier alpha value is -0.900. The van der Waals surface area contributed by atoms with Crippen molar-refractivity contribution in [2.24, 2.45) is 5.92 Å². The maximum atomic E-state index is 12.1. The topological polar surface area (TPSA) is 24.2 Å². The van der Waals surface area contributed by atoms with E-state index >= 15 is 0 Å². The number of halogens is 1. The average molecular weight is 327 g/mol. The predicted octanol–water partition coefficient (Wildman–Crippen LogP) is -1.06. The van der Waals surface area contributed by atoms with Gasteiger partial charge in [-0.3, -0.25) is 4.79 Å². The molecule has 1 fully saturated rings. The van der Waals surface area contributed by atoms with E-state index in [0.29, 0.717) is 18.2 Å². The highest BCUT2D eigenvalue weighted by Gasteiger charge is 2.21. The molecular weight excluding hydrogens is 304 g/mol. The lowest BCUT2D eigenvalue weighted by atomic mass is 10.00. The summed E-state index contributed by atoms with van der Waals surface area (Å²) in [6.45, 7) is 6.97. The third kappa shape index (κ3) is 4.94. The van der Waals surface area contributed by atoms with Crippen LogP contribution in [0.25, 0.3) is 0 Å². The summed E-state index contributed by atoms with van der Waals surface area (Å²) in [5, 5.41) is 0. The van der Waals surface area contributed by atoms with Crippen LogP contribution in [0.15, 0.2) is 24.5 Å². The summed E-state index contributed by atoms with van der Waals surface area (Å²) < 4.78 is 2.08. The fourth-order valence-electron chi connectivity index (χ4n) is 2.48. The van der Waals surface area contributed by atoms with Crippen LogP contribution in [0.5, 0.6) is 0 Å². The largest absolute Gasteiger partial charge is 1.00 e. The number of piperidine rings is 1. The van der Waals surface area contributed by atoms with E-state index < -0.39 is 0 Å². The molecule has 0 bridgehead atoms. The summed E-state index contributed by atoms with van der Waals surface area (Å²) in [4.78, 5) is 14.1. The number of likely N-dealkylation sites (tertiary alicyclic amines) is 1. The molecule has 1 unspecified atom stereocenters. The van der Waals surface area contributed by atoms with Gasteiger partial charge in [0.05, 0.1) is 6.42 Å². The highest BCUT2D eigenvalue weighted by Crippen LogP contribution is 2.15. The summed E-state index contributed by atoms with van der Waals surface area (Å²) in [5.41, 5.74) is 1.25. The van der Waals surface area contributed by atoms with Crippen molar-refractivity contribution in [2.45, 2.75) is 39.7 Å². The molecule has 0 aliphatic carbocycles. The Balaban J connectivity index is 0.00000180. The van der Waals surface area contributed by atoms with E-state index in [9.17, 15) is 4.79 Å². The van der Waals surface area contributed by atoms with Crippen LogP contribution >= 0.6 is 0 Å². The molecule has 1 amide bonds. The van der Waals surface area contributed by atoms with Gasteiger partial charge >= 0.3 is 0 Å². The minimum Gasteiger partial charge on any atom is -1.00 e. The first-order valence-corrected chi connectivity index (χ1v) is 6.88. The van der Waals surface area contributed by atoms with Crippen molar-refractivity contribution in [2.75, 3.05) is 13.1 Å². The van der Waals surface area contributed by atoms with Crippen LogP contribution in [0.3, 0.4) is 0 Å². The number of hydrogen-bond donors (Lipinski definition) is 0. The van der Waals surface area contributed by atoms with Crippen LogP contribution < -0.4 is 21.5 Å². The summed E-state index contributed by atoms with van der Waals surface area (Å²) in [6.07, 6.45) is 7.12. The highest BCUT2D eigenvalue weighted by atomic mass is 79.9. The van der Waals surface area contributed by atoms with Gasteiger partial charge in [0, 0.05) is 25.2 Å². The molecule has 2 heterocycles. The number of carbonyl (C=O) groups is 1. The first-order chi connectivity index (χ1) is 8.65. The molecule has 0 N–H and O–H groups in total. The average Bonchev–Trinajstić information content (AvgIpc) is 2.38. The lowest BCUT2D eigenvalue weighted by molar-refractivity contribution is -0.696. The fraction of sp³-hybridized carbons (Fsp3) is 0.600. The van der Waals surface area contributed by atoms with E-state index in [2.05, 4.69) is 30.5 Å². The monoisotopic (exact) mass is 326 g/mol. The first-order valence-electron chi connectivity index (χ1n) is 6.88. The zero-order valence-electron chi connectivity index (χ0n) is 11.8. The summed E-state index contributed by atoms with van der Waals surface area (Å²) in [7, 11) is 0. The molecule has 0 radical (unpaired) electrons. The van der Waals surface area contributed by atoms with Crippen LogP contribution in [0.1, 0.15) is 31.7 Å². The van der Waals surface area contributed by atoms with Crippen molar-refractivity contribution in [1.29, 1.82) is 0 Å². The number of amides is 1. The SMILES string of the molecule is Cc1cc[n+](CCC(=O)N2CCCC(C)C2)cc1.[Br-]. The second-order valence-corrected chi connectivity index (χ2v) is 5.45. The fourth-order valence-corrected chi connectivity index (χ4v) is 2.48. The second-order valence-electron chi connectivity index (χ2n) is 5.45. The van der Waals surface area contributed by atoms with Gasteiger partial charge in [-0.2, -0.15) is 0 Å². The number of aryl methyl sites for hydroxylation is 2. The lowest BCUT2D eigenvalue weighted by Gasteiger charge is -2.30. The van der Waals surface area contributed by atoms with Crippen molar-refractivity contribution in [1.82, 2.24) is 4.90 Å². The summed E-state index contributed by atoms with van der Waals surface area (Å²) in [5.74, 6) is 0.962. The lowest BCUT2D eigenvalue weighted by Crippen LogP contribution is -3.00. The number of rotatable bonds is 3. The Morgan fingerprint density at radius 2 is 2.11 bits per heavy atom. The minimum absolute atomic E-state index is 0. The normalized spacial score (nSPS) is 18.8.